The van der Waals surface area contributed by atoms with Crippen molar-refractivity contribution in [2.75, 3.05) is 41.5 Å². The van der Waals surface area contributed by atoms with Crippen LogP contribution in [0.4, 0.5) is 0 Å². The van der Waals surface area contributed by atoms with Crippen molar-refractivity contribution < 1.29 is 28.6 Å². The number of rotatable bonds is 7. The molecule has 0 aliphatic carbocycles. The van der Waals surface area contributed by atoms with E-state index in [9.17, 15) is 14.4 Å². The summed E-state index contributed by atoms with van der Waals surface area (Å²) in [4.78, 5) is 35.8. The van der Waals surface area contributed by atoms with Gasteiger partial charge in [-0.15, -0.1) is 0 Å². The Balaban J connectivity index is 2.62. The number of hydrogen-bond donors (Lipinski definition) is 1. The van der Waals surface area contributed by atoms with Gasteiger partial charge in [-0.05, 0) is 18.2 Å². The van der Waals surface area contributed by atoms with Crippen LogP contribution in [-0.4, -0.2) is 64.2 Å². The van der Waals surface area contributed by atoms with Crippen LogP contribution in [0.2, 0.25) is 0 Å². The van der Waals surface area contributed by atoms with Crippen molar-refractivity contribution in [1.29, 1.82) is 0 Å². The second kappa shape index (κ2) is 8.62. The summed E-state index contributed by atoms with van der Waals surface area (Å²) in [7, 11) is 5.88. The third-order valence-corrected chi connectivity index (χ3v) is 2.88. The molecule has 0 bridgehead atoms. The molecule has 1 aromatic carbocycles. The topological polar surface area (TPSA) is 94.2 Å². The van der Waals surface area contributed by atoms with Crippen molar-refractivity contribution in [3.05, 3.63) is 23.8 Å². The molecule has 0 unspecified atom stereocenters. The van der Waals surface area contributed by atoms with Crippen LogP contribution in [-0.2, 0) is 14.3 Å². The molecule has 0 aliphatic rings. The highest BCUT2D eigenvalue weighted by Gasteiger charge is 2.13. The number of nitrogens with one attached hydrogen (secondary N) is 1. The van der Waals surface area contributed by atoms with Gasteiger partial charge in [-0.1, -0.05) is 0 Å². The van der Waals surface area contributed by atoms with E-state index in [4.69, 9.17) is 9.47 Å². The van der Waals surface area contributed by atoms with Gasteiger partial charge in [-0.3, -0.25) is 9.59 Å². The van der Waals surface area contributed by atoms with Gasteiger partial charge < -0.3 is 24.4 Å². The van der Waals surface area contributed by atoms with Crippen LogP contribution in [0.1, 0.15) is 10.4 Å². The lowest BCUT2D eigenvalue weighted by molar-refractivity contribution is -0.131. The van der Waals surface area contributed by atoms with Gasteiger partial charge in [0.15, 0.2) is 18.1 Å². The summed E-state index contributed by atoms with van der Waals surface area (Å²) in [5, 5.41) is 2.44. The predicted molar refractivity (Wildman–Crippen MR) is 81.5 cm³/mol. The lowest BCUT2D eigenvalue weighted by atomic mass is 10.2. The van der Waals surface area contributed by atoms with Crippen molar-refractivity contribution in [3.8, 4) is 11.5 Å². The summed E-state index contributed by atoms with van der Waals surface area (Å²) in [6.45, 7) is -0.387. The third-order valence-electron chi connectivity index (χ3n) is 2.88. The lowest BCUT2D eigenvalue weighted by Gasteiger charge is -2.13. The summed E-state index contributed by atoms with van der Waals surface area (Å²) in [5.74, 6) is -0.577. The van der Waals surface area contributed by atoms with Gasteiger partial charge >= 0.3 is 5.97 Å². The quantitative estimate of drug-likeness (QED) is 0.713. The van der Waals surface area contributed by atoms with Crippen molar-refractivity contribution in [1.82, 2.24) is 10.2 Å². The molecule has 0 saturated heterocycles. The fraction of sp³-hybridized carbons (Fsp3) is 0.400. The van der Waals surface area contributed by atoms with E-state index >= 15 is 0 Å². The molecular weight excluding hydrogens is 304 g/mol. The molecule has 126 valence electrons. The first-order valence-corrected chi connectivity index (χ1v) is 6.75. The Morgan fingerprint density at radius 2 is 1.83 bits per heavy atom. The van der Waals surface area contributed by atoms with Crippen molar-refractivity contribution in [2.24, 2.45) is 0 Å². The van der Waals surface area contributed by atoms with Crippen LogP contribution >= 0.6 is 0 Å². The van der Waals surface area contributed by atoms with E-state index in [1.165, 1.54) is 37.3 Å². The molecule has 0 aromatic heterocycles. The summed E-state index contributed by atoms with van der Waals surface area (Å²) in [6, 6.07) is 4.45. The van der Waals surface area contributed by atoms with Crippen molar-refractivity contribution in [3.63, 3.8) is 0 Å². The smallest absolute Gasteiger partial charge is 0.337 e. The Labute approximate surface area is 134 Å². The summed E-state index contributed by atoms with van der Waals surface area (Å²) >= 11 is 0. The Kier molecular flexibility index (Phi) is 6.85. The second-order valence-corrected chi connectivity index (χ2v) is 4.71. The number of hydrogen-bond acceptors (Lipinski definition) is 6. The standard InChI is InChI=1S/C15H20N2O6/c1-17(2)14(19)8-16-13(18)9-23-11-6-5-10(15(20)22-4)7-12(11)21-3/h5-7H,8-9H2,1-4H3,(H,16,18). The Morgan fingerprint density at radius 3 is 2.39 bits per heavy atom. The zero-order valence-corrected chi connectivity index (χ0v) is 13.5. The minimum absolute atomic E-state index is 0.104. The molecule has 0 atom stereocenters. The van der Waals surface area contributed by atoms with Gasteiger partial charge in [0.25, 0.3) is 5.91 Å². The summed E-state index contributed by atoms with van der Waals surface area (Å²) < 4.78 is 15.1. The van der Waals surface area contributed by atoms with Crippen molar-refractivity contribution in [2.45, 2.75) is 0 Å². The van der Waals surface area contributed by atoms with E-state index in [1.54, 1.807) is 14.1 Å². The molecule has 8 heteroatoms. The number of carbonyl (C=O) groups excluding carboxylic acids is 3. The maximum atomic E-state index is 11.6. The average Bonchev–Trinajstić information content (AvgIpc) is 2.56. The molecule has 1 N–H and O–H groups in total. The highest BCUT2D eigenvalue weighted by atomic mass is 16.5. The van der Waals surface area contributed by atoms with Crippen LogP contribution in [0.3, 0.4) is 0 Å². The molecule has 0 heterocycles. The molecule has 23 heavy (non-hydrogen) atoms. The maximum Gasteiger partial charge on any atom is 0.337 e. The van der Waals surface area contributed by atoms with Crippen molar-refractivity contribution >= 4 is 17.8 Å². The molecule has 2 amide bonds. The monoisotopic (exact) mass is 324 g/mol. The van der Waals surface area contributed by atoms with Gasteiger partial charge in [0.2, 0.25) is 5.91 Å². The minimum Gasteiger partial charge on any atom is -0.493 e. The Hall–Kier alpha value is -2.77. The van der Waals surface area contributed by atoms with Crippen LogP contribution < -0.4 is 14.8 Å². The third kappa shape index (κ3) is 5.50. The predicted octanol–water partition coefficient (Wildman–Crippen LogP) is 0.0650. The van der Waals surface area contributed by atoms with Crippen LogP contribution in [0, 0.1) is 0 Å². The first kappa shape index (κ1) is 18.3. The van der Waals surface area contributed by atoms with Crippen LogP contribution in [0.15, 0.2) is 18.2 Å². The molecule has 1 rings (SSSR count). The number of benzene rings is 1. The molecular formula is C15H20N2O6. The molecule has 1 aromatic rings. The number of carbonyl (C=O) groups is 3. The number of esters is 1. The van der Waals surface area contributed by atoms with E-state index in [1.807, 2.05) is 0 Å². The highest BCUT2D eigenvalue weighted by Crippen LogP contribution is 2.28. The lowest BCUT2D eigenvalue weighted by Crippen LogP contribution is -2.38. The number of nitrogens with zero attached hydrogens (tertiary/aromatic N) is 1. The maximum absolute atomic E-state index is 11.6. The molecule has 0 fully saturated rings. The normalized spacial score (nSPS) is 9.74. The number of methoxy groups -OCH3 is 2. The van der Waals surface area contributed by atoms with E-state index in [2.05, 4.69) is 10.1 Å². The average molecular weight is 324 g/mol. The van der Waals surface area contributed by atoms with Gasteiger partial charge in [-0.25, -0.2) is 4.79 Å². The highest BCUT2D eigenvalue weighted by molar-refractivity contribution is 5.90. The van der Waals surface area contributed by atoms with E-state index in [0.29, 0.717) is 17.1 Å². The Bertz CT molecular complexity index is 585. The molecule has 0 radical (unpaired) electrons. The largest absolute Gasteiger partial charge is 0.493 e. The SMILES string of the molecule is COC(=O)c1ccc(OCC(=O)NCC(=O)N(C)C)c(OC)c1. The van der Waals surface area contributed by atoms with E-state index < -0.39 is 11.9 Å². The molecule has 8 nitrogen and oxygen atoms in total. The minimum atomic E-state index is -0.505. The Morgan fingerprint density at radius 1 is 1.13 bits per heavy atom. The van der Waals surface area contributed by atoms with Gasteiger partial charge in [0, 0.05) is 14.1 Å². The summed E-state index contributed by atoms with van der Waals surface area (Å²) in [5.41, 5.74) is 0.303. The van der Waals surface area contributed by atoms with E-state index in [0.717, 1.165) is 0 Å². The van der Waals surface area contributed by atoms with E-state index in [-0.39, 0.29) is 19.1 Å². The van der Waals surface area contributed by atoms with Gasteiger partial charge in [0.1, 0.15) is 0 Å². The summed E-state index contributed by atoms with van der Waals surface area (Å²) in [6.07, 6.45) is 0. The van der Waals surface area contributed by atoms with Gasteiger partial charge in [-0.2, -0.15) is 0 Å². The number of likely N-dealkylation sites (N-methyl/N-ethyl adjacent to an activating group) is 1. The number of amides is 2. The molecule has 0 saturated carbocycles. The first-order chi connectivity index (χ1) is 10.9. The zero-order valence-electron chi connectivity index (χ0n) is 13.5. The fourth-order valence-electron chi connectivity index (χ4n) is 1.56. The second-order valence-electron chi connectivity index (χ2n) is 4.71. The van der Waals surface area contributed by atoms with Crippen LogP contribution in [0.25, 0.3) is 0 Å². The fourth-order valence-corrected chi connectivity index (χ4v) is 1.56. The van der Waals surface area contributed by atoms with Gasteiger partial charge in [0.05, 0.1) is 26.3 Å². The first-order valence-electron chi connectivity index (χ1n) is 6.75. The zero-order chi connectivity index (χ0) is 17.4. The number of ether oxygens (including phenoxy) is 3. The molecule has 0 spiro atoms. The molecule has 0 aliphatic heterocycles. The van der Waals surface area contributed by atoms with Crippen LogP contribution in [0.5, 0.6) is 11.5 Å².